The molecule has 2 N–H and O–H groups in total. The number of ether oxygens (including phenoxy) is 3. The zero-order valence-electron chi connectivity index (χ0n) is 23.6. The van der Waals surface area contributed by atoms with E-state index in [9.17, 15) is 24.3 Å². The number of hydrogen-bond acceptors (Lipinski definition) is 8. The number of carbonyl (C=O) groups is 4. The maximum Gasteiger partial charge on any atom is 0.341 e. The largest absolute Gasteiger partial charge is 0.497 e. The molecule has 40 heavy (non-hydrogen) atoms. The maximum absolute atomic E-state index is 14.2. The van der Waals surface area contributed by atoms with Gasteiger partial charge in [-0.25, -0.2) is 4.79 Å². The molecule has 2 amide bonds. The van der Waals surface area contributed by atoms with Crippen LogP contribution in [0.15, 0.2) is 12.1 Å². The molecule has 0 aromatic heterocycles. The van der Waals surface area contributed by atoms with Crippen molar-refractivity contribution in [2.45, 2.75) is 88.3 Å². The zero-order valence-corrected chi connectivity index (χ0v) is 23.6. The van der Waals surface area contributed by atoms with Gasteiger partial charge in [-0.3, -0.25) is 24.6 Å². The van der Waals surface area contributed by atoms with Crippen LogP contribution in [0.1, 0.15) is 92.6 Å². The number of amides is 2. The van der Waals surface area contributed by atoms with Crippen molar-refractivity contribution in [3.63, 3.8) is 0 Å². The van der Waals surface area contributed by atoms with E-state index in [0.717, 1.165) is 64.2 Å². The summed E-state index contributed by atoms with van der Waals surface area (Å²) in [6.07, 6.45) is 9.48. The highest BCUT2D eigenvalue weighted by atomic mass is 16.5. The summed E-state index contributed by atoms with van der Waals surface area (Å²) in [5, 5.41) is 14.1. The molecule has 218 valence electrons. The van der Waals surface area contributed by atoms with E-state index in [1.807, 2.05) is 0 Å². The summed E-state index contributed by atoms with van der Waals surface area (Å²) in [7, 11) is 4.14. The van der Waals surface area contributed by atoms with Crippen molar-refractivity contribution in [2.24, 2.45) is 17.8 Å². The quantitative estimate of drug-likeness (QED) is 0.362. The molecule has 0 radical (unpaired) electrons. The van der Waals surface area contributed by atoms with Gasteiger partial charge in [0.15, 0.2) is 0 Å². The first kappa shape index (κ1) is 28.4. The minimum Gasteiger partial charge on any atom is -0.497 e. The van der Waals surface area contributed by atoms with Crippen LogP contribution in [0.5, 0.6) is 11.5 Å². The Labute approximate surface area is 234 Å². The molecule has 5 rings (SSSR count). The smallest absolute Gasteiger partial charge is 0.341 e. The minimum absolute atomic E-state index is 0.0808. The van der Waals surface area contributed by atoms with Gasteiger partial charge in [0, 0.05) is 18.2 Å². The van der Waals surface area contributed by atoms with Crippen LogP contribution in [0.3, 0.4) is 0 Å². The topological polar surface area (TPSA) is 131 Å². The van der Waals surface area contributed by atoms with E-state index in [2.05, 4.69) is 5.32 Å². The molecule has 4 atom stereocenters. The summed E-state index contributed by atoms with van der Waals surface area (Å²) in [4.78, 5) is 56.2. The molecule has 1 aromatic rings. The van der Waals surface area contributed by atoms with E-state index in [1.165, 1.54) is 26.2 Å². The number of nitrogens with one attached hydrogen (secondary N) is 1. The van der Waals surface area contributed by atoms with E-state index < -0.39 is 41.3 Å². The van der Waals surface area contributed by atoms with Crippen LogP contribution in [-0.4, -0.2) is 66.7 Å². The fraction of sp³-hybridized carbons (Fsp3) is 0.667. The molecule has 2 aliphatic carbocycles. The van der Waals surface area contributed by atoms with E-state index in [1.54, 1.807) is 12.1 Å². The third kappa shape index (κ3) is 4.63. The Bertz CT molecular complexity index is 1170. The summed E-state index contributed by atoms with van der Waals surface area (Å²) in [5.74, 6) is -4.02. The number of imide groups is 1. The van der Waals surface area contributed by atoms with Gasteiger partial charge in [0.05, 0.1) is 33.2 Å². The fourth-order valence-corrected chi connectivity index (χ4v) is 7.76. The lowest BCUT2D eigenvalue weighted by Crippen LogP contribution is -2.57. The van der Waals surface area contributed by atoms with Crippen LogP contribution < -0.4 is 14.8 Å². The van der Waals surface area contributed by atoms with Crippen LogP contribution in [0.25, 0.3) is 0 Å². The van der Waals surface area contributed by atoms with Gasteiger partial charge in [0.1, 0.15) is 22.6 Å². The number of fused-ring (bicyclic) bond motifs is 1. The SMILES string of the molecule is COC(=O)c1c(OC)cc(OC)cc1C1NC(CC2CCCCC2)(C(=O)O)C2C(=O)N(C3CCCCC3)C(=O)C12. The summed E-state index contributed by atoms with van der Waals surface area (Å²) in [5.41, 5.74) is -1.24. The van der Waals surface area contributed by atoms with Gasteiger partial charge in [-0.1, -0.05) is 51.4 Å². The molecular formula is C30H40N2O8. The summed E-state index contributed by atoms with van der Waals surface area (Å²) in [6.45, 7) is 0. The van der Waals surface area contributed by atoms with Gasteiger partial charge in [-0.05, 0) is 36.8 Å². The number of aliphatic carboxylic acids is 1. The molecule has 2 saturated carbocycles. The summed E-state index contributed by atoms with van der Waals surface area (Å²) in [6, 6.07) is 1.99. The second-order valence-electron chi connectivity index (χ2n) is 11.7. The number of rotatable bonds is 8. The van der Waals surface area contributed by atoms with Gasteiger partial charge in [-0.2, -0.15) is 0 Å². The molecule has 10 nitrogen and oxygen atoms in total. The average Bonchev–Trinajstić information content (AvgIpc) is 3.46. The first-order valence-electron chi connectivity index (χ1n) is 14.5. The molecule has 4 unspecified atom stereocenters. The molecule has 0 spiro atoms. The fourth-order valence-electron chi connectivity index (χ4n) is 7.76. The number of carboxylic acid groups (broad SMARTS) is 1. The molecule has 2 saturated heterocycles. The number of esters is 1. The Morgan fingerprint density at radius 3 is 2.17 bits per heavy atom. The van der Waals surface area contributed by atoms with Crippen LogP contribution in [-0.2, 0) is 19.1 Å². The van der Waals surface area contributed by atoms with Crippen molar-refractivity contribution in [1.29, 1.82) is 0 Å². The average molecular weight is 557 g/mol. The van der Waals surface area contributed by atoms with Gasteiger partial charge < -0.3 is 19.3 Å². The van der Waals surface area contributed by atoms with Gasteiger partial charge in [0.25, 0.3) is 0 Å². The number of hydrogen-bond donors (Lipinski definition) is 2. The molecule has 0 bridgehead atoms. The molecule has 2 aliphatic heterocycles. The van der Waals surface area contributed by atoms with E-state index in [-0.39, 0.29) is 35.6 Å². The van der Waals surface area contributed by atoms with Gasteiger partial charge in [-0.15, -0.1) is 0 Å². The number of carbonyl (C=O) groups excluding carboxylic acids is 3. The zero-order chi connectivity index (χ0) is 28.6. The Morgan fingerprint density at radius 2 is 1.60 bits per heavy atom. The maximum atomic E-state index is 14.2. The minimum atomic E-state index is -1.66. The highest BCUT2D eigenvalue weighted by molar-refractivity contribution is 6.10. The lowest BCUT2D eigenvalue weighted by atomic mass is 9.72. The van der Waals surface area contributed by atoms with Gasteiger partial charge in [0.2, 0.25) is 11.8 Å². The van der Waals surface area contributed by atoms with Crippen molar-refractivity contribution in [3.8, 4) is 11.5 Å². The van der Waals surface area contributed by atoms with E-state index >= 15 is 0 Å². The third-order valence-electron chi connectivity index (χ3n) is 9.63. The second kappa shape index (κ2) is 11.4. The number of carboxylic acids is 1. The van der Waals surface area contributed by atoms with Gasteiger partial charge >= 0.3 is 11.9 Å². The normalized spacial score (nSPS) is 29.4. The number of likely N-dealkylation sites (tertiary alicyclic amines) is 1. The molecular weight excluding hydrogens is 516 g/mol. The predicted molar refractivity (Wildman–Crippen MR) is 144 cm³/mol. The number of nitrogens with zero attached hydrogens (tertiary/aromatic N) is 1. The summed E-state index contributed by atoms with van der Waals surface area (Å²) >= 11 is 0. The van der Waals surface area contributed by atoms with E-state index in [0.29, 0.717) is 11.3 Å². The second-order valence-corrected chi connectivity index (χ2v) is 11.7. The molecule has 4 aliphatic rings. The first-order valence-corrected chi connectivity index (χ1v) is 14.5. The van der Waals surface area contributed by atoms with Crippen molar-refractivity contribution in [2.75, 3.05) is 21.3 Å². The Hall–Kier alpha value is -3.14. The molecule has 2 heterocycles. The molecule has 1 aromatic carbocycles. The number of methoxy groups -OCH3 is 3. The highest BCUT2D eigenvalue weighted by Crippen LogP contribution is 2.54. The Balaban J connectivity index is 1.68. The Morgan fingerprint density at radius 1 is 0.950 bits per heavy atom. The molecule has 4 fully saturated rings. The van der Waals surface area contributed by atoms with Crippen molar-refractivity contribution in [1.82, 2.24) is 10.2 Å². The Kier molecular flexibility index (Phi) is 8.08. The third-order valence-corrected chi connectivity index (χ3v) is 9.63. The monoisotopic (exact) mass is 556 g/mol. The van der Waals surface area contributed by atoms with Crippen LogP contribution in [0, 0.1) is 17.8 Å². The lowest BCUT2D eigenvalue weighted by molar-refractivity contribution is -0.153. The van der Waals surface area contributed by atoms with E-state index in [4.69, 9.17) is 14.2 Å². The van der Waals surface area contributed by atoms with Crippen LogP contribution in [0.2, 0.25) is 0 Å². The standard InChI is InChI=1S/C30H40N2O8/c1-38-19-14-20(22(28(35)40-3)21(15-19)39-2)25-23-24(27(34)32(26(23)33)18-12-8-5-9-13-18)30(31-25,29(36)37)16-17-10-6-4-7-11-17/h14-15,17-18,23-25,31H,4-13,16H2,1-3H3,(H,36,37). The van der Waals surface area contributed by atoms with Crippen LogP contribution >= 0.6 is 0 Å². The number of benzene rings is 1. The highest BCUT2D eigenvalue weighted by Gasteiger charge is 2.69. The van der Waals surface area contributed by atoms with Crippen LogP contribution in [0.4, 0.5) is 0 Å². The van der Waals surface area contributed by atoms with Crippen molar-refractivity contribution < 1.29 is 38.5 Å². The molecule has 10 heteroatoms. The first-order chi connectivity index (χ1) is 19.3. The summed E-state index contributed by atoms with van der Waals surface area (Å²) < 4.78 is 16.1. The predicted octanol–water partition coefficient (Wildman–Crippen LogP) is 3.86. The van der Waals surface area contributed by atoms with Crippen molar-refractivity contribution >= 4 is 23.8 Å². The van der Waals surface area contributed by atoms with Crippen molar-refractivity contribution in [3.05, 3.63) is 23.3 Å². The lowest BCUT2D eigenvalue weighted by Gasteiger charge is -2.37.